The number of pyridine rings is 1. The van der Waals surface area contributed by atoms with Crippen molar-refractivity contribution in [3.05, 3.63) is 23.9 Å². The zero-order valence-corrected chi connectivity index (χ0v) is 16.7. The number of nitrogens with zero attached hydrogens (tertiary/aromatic N) is 3. The van der Waals surface area contributed by atoms with Crippen LogP contribution >= 0.6 is 11.8 Å². The van der Waals surface area contributed by atoms with Crippen molar-refractivity contribution in [2.45, 2.75) is 39.2 Å². The Balaban J connectivity index is 1.73. The van der Waals surface area contributed by atoms with Crippen molar-refractivity contribution in [2.24, 2.45) is 10.9 Å². The van der Waals surface area contributed by atoms with Crippen molar-refractivity contribution >= 4 is 23.5 Å². The van der Waals surface area contributed by atoms with E-state index in [0.29, 0.717) is 0 Å². The molecule has 5 nitrogen and oxygen atoms in total. The lowest BCUT2D eigenvalue weighted by molar-refractivity contribution is 0.436. The van der Waals surface area contributed by atoms with Gasteiger partial charge in [-0.3, -0.25) is 4.99 Å². The smallest absolute Gasteiger partial charge is 0.191 e. The van der Waals surface area contributed by atoms with Gasteiger partial charge in [0.05, 0.1) is 0 Å². The second-order valence-electron chi connectivity index (χ2n) is 6.75. The quantitative estimate of drug-likeness (QED) is 0.422. The van der Waals surface area contributed by atoms with Crippen LogP contribution in [0, 0.1) is 5.92 Å². The number of guanidine groups is 1. The van der Waals surface area contributed by atoms with Gasteiger partial charge in [0.15, 0.2) is 5.96 Å². The van der Waals surface area contributed by atoms with Gasteiger partial charge >= 0.3 is 0 Å². The SMILES string of the molecule is CN=C(NCCCCSC)NCc1ccc(N2CCC(C)CC2)nc1. The number of thioether (sulfide) groups is 1. The molecule has 0 unspecified atom stereocenters. The molecule has 25 heavy (non-hydrogen) atoms. The summed E-state index contributed by atoms with van der Waals surface area (Å²) >= 11 is 1.90. The van der Waals surface area contributed by atoms with Gasteiger partial charge in [-0.25, -0.2) is 4.98 Å². The highest BCUT2D eigenvalue weighted by Gasteiger charge is 2.16. The lowest BCUT2D eigenvalue weighted by Crippen LogP contribution is -2.37. The van der Waals surface area contributed by atoms with E-state index in [1.807, 2.05) is 25.0 Å². The van der Waals surface area contributed by atoms with Gasteiger partial charge in [0, 0.05) is 39.4 Å². The van der Waals surface area contributed by atoms with E-state index in [0.717, 1.165) is 43.9 Å². The fourth-order valence-electron chi connectivity index (χ4n) is 2.93. The Morgan fingerprint density at radius 2 is 2.08 bits per heavy atom. The van der Waals surface area contributed by atoms with E-state index >= 15 is 0 Å². The molecule has 140 valence electrons. The van der Waals surface area contributed by atoms with E-state index in [2.05, 4.69) is 50.8 Å². The molecule has 0 atom stereocenters. The third-order valence-electron chi connectivity index (χ3n) is 4.67. The number of piperidine rings is 1. The fourth-order valence-corrected chi connectivity index (χ4v) is 3.42. The number of aliphatic imine (C=N–C) groups is 1. The minimum absolute atomic E-state index is 0.745. The number of nitrogens with one attached hydrogen (secondary N) is 2. The summed E-state index contributed by atoms with van der Waals surface area (Å²) in [6.45, 7) is 6.29. The molecule has 0 bridgehead atoms. The second-order valence-corrected chi connectivity index (χ2v) is 7.73. The van der Waals surface area contributed by atoms with Crippen LogP contribution in [0.1, 0.15) is 38.2 Å². The Labute approximate surface area is 157 Å². The van der Waals surface area contributed by atoms with Crippen LogP contribution in [-0.4, -0.2) is 49.6 Å². The van der Waals surface area contributed by atoms with Gasteiger partial charge in [0.1, 0.15) is 5.82 Å². The summed E-state index contributed by atoms with van der Waals surface area (Å²) in [6, 6.07) is 4.31. The molecule has 1 aliphatic rings. The molecule has 1 saturated heterocycles. The molecule has 1 aromatic rings. The van der Waals surface area contributed by atoms with Gasteiger partial charge < -0.3 is 15.5 Å². The van der Waals surface area contributed by atoms with Crippen molar-refractivity contribution in [1.29, 1.82) is 0 Å². The van der Waals surface area contributed by atoms with E-state index < -0.39 is 0 Å². The van der Waals surface area contributed by atoms with Crippen LogP contribution in [0.4, 0.5) is 5.82 Å². The molecule has 0 aliphatic carbocycles. The maximum Gasteiger partial charge on any atom is 0.191 e. The molecule has 0 aromatic carbocycles. The van der Waals surface area contributed by atoms with Gasteiger partial charge in [-0.15, -0.1) is 0 Å². The van der Waals surface area contributed by atoms with Gasteiger partial charge in [0.2, 0.25) is 0 Å². The lowest BCUT2D eigenvalue weighted by atomic mass is 9.99. The van der Waals surface area contributed by atoms with E-state index in [9.17, 15) is 0 Å². The van der Waals surface area contributed by atoms with Gasteiger partial charge in [0.25, 0.3) is 0 Å². The minimum Gasteiger partial charge on any atom is -0.357 e. The highest BCUT2D eigenvalue weighted by molar-refractivity contribution is 7.98. The summed E-state index contributed by atoms with van der Waals surface area (Å²) in [5, 5.41) is 6.73. The van der Waals surface area contributed by atoms with E-state index in [1.54, 1.807) is 0 Å². The number of aromatic nitrogens is 1. The Morgan fingerprint density at radius 1 is 1.28 bits per heavy atom. The summed E-state index contributed by atoms with van der Waals surface area (Å²) in [5.41, 5.74) is 1.18. The van der Waals surface area contributed by atoms with Crippen LogP contribution < -0.4 is 15.5 Å². The first-order chi connectivity index (χ1) is 12.2. The predicted octanol–water partition coefficient (Wildman–Crippen LogP) is 3.13. The van der Waals surface area contributed by atoms with Gasteiger partial charge in [-0.05, 0) is 55.2 Å². The molecule has 2 N–H and O–H groups in total. The Bertz CT molecular complexity index is 509. The molecule has 2 rings (SSSR count). The van der Waals surface area contributed by atoms with Crippen molar-refractivity contribution in [2.75, 3.05) is 43.6 Å². The average molecular weight is 364 g/mol. The topological polar surface area (TPSA) is 52.6 Å². The van der Waals surface area contributed by atoms with Crippen LogP contribution in [0.25, 0.3) is 0 Å². The number of anilines is 1. The number of hydrogen-bond donors (Lipinski definition) is 2. The monoisotopic (exact) mass is 363 g/mol. The summed E-state index contributed by atoms with van der Waals surface area (Å²) in [4.78, 5) is 11.3. The van der Waals surface area contributed by atoms with Crippen molar-refractivity contribution < 1.29 is 0 Å². The maximum atomic E-state index is 4.65. The van der Waals surface area contributed by atoms with E-state index in [-0.39, 0.29) is 0 Å². The Hall–Kier alpha value is -1.43. The summed E-state index contributed by atoms with van der Waals surface area (Å²) in [7, 11) is 1.82. The summed E-state index contributed by atoms with van der Waals surface area (Å²) in [5.74, 6) is 4.03. The maximum absolute atomic E-state index is 4.65. The van der Waals surface area contributed by atoms with Crippen LogP contribution in [-0.2, 0) is 6.54 Å². The molecule has 0 amide bonds. The first-order valence-electron chi connectivity index (χ1n) is 9.36. The number of hydrogen-bond acceptors (Lipinski definition) is 4. The number of unbranched alkanes of at least 4 members (excludes halogenated alkanes) is 1. The number of rotatable bonds is 8. The molecule has 0 saturated carbocycles. The van der Waals surface area contributed by atoms with Crippen molar-refractivity contribution in [3.8, 4) is 0 Å². The lowest BCUT2D eigenvalue weighted by Gasteiger charge is -2.31. The van der Waals surface area contributed by atoms with Crippen LogP contribution in [0.15, 0.2) is 23.3 Å². The van der Waals surface area contributed by atoms with Crippen molar-refractivity contribution in [3.63, 3.8) is 0 Å². The molecule has 6 heteroatoms. The molecule has 0 spiro atoms. The largest absolute Gasteiger partial charge is 0.357 e. The fraction of sp³-hybridized carbons (Fsp3) is 0.684. The zero-order chi connectivity index (χ0) is 17.9. The van der Waals surface area contributed by atoms with Crippen LogP contribution in [0.3, 0.4) is 0 Å². The second kappa shape index (κ2) is 11.2. The van der Waals surface area contributed by atoms with Gasteiger partial charge in [-0.1, -0.05) is 13.0 Å². The van der Waals surface area contributed by atoms with E-state index in [4.69, 9.17) is 0 Å². The molecular formula is C19H33N5S. The molecule has 1 aliphatic heterocycles. The predicted molar refractivity (Wildman–Crippen MR) is 111 cm³/mol. The van der Waals surface area contributed by atoms with Crippen LogP contribution in [0.2, 0.25) is 0 Å². The van der Waals surface area contributed by atoms with E-state index in [1.165, 1.54) is 37.0 Å². The Morgan fingerprint density at radius 3 is 2.72 bits per heavy atom. The molecule has 0 radical (unpaired) electrons. The highest BCUT2D eigenvalue weighted by atomic mass is 32.2. The molecule has 1 aromatic heterocycles. The summed E-state index contributed by atoms with van der Waals surface area (Å²) in [6.07, 6.45) is 9.08. The zero-order valence-electron chi connectivity index (χ0n) is 15.9. The summed E-state index contributed by atoms with van der Waals surface area (Å²) < 4.78 is 0. The highest BCUT2D eigenvalue weighted by Crippen LogP contribution is 2.21. The third kappa shape index (κ3) is 7.14. The average Bonchev–Trinajstić information content (AvgIpc) is 2.65. The Kier molecular flexibility index (Phi) is 8.94. The van der Waals surface area contributed by atoms with Gasteiger partial charge in [-0.2, -0.15) is 11.8 Å². The van der Waals surface area contributed by atoms with Crippen molar-refractivity contribution in [1.82, 2.24) is 15.6 Å². The van der Waals surface area contributed by atoms with Crippen LogP contribution in [0.5, 0.6) is 0 Å². The first-order valence-corrected chi connectivity index (χ1v) is 10.8. The standard InChI is InChI=1S/C19H33N5S/c1-16-8-11-24(12-9-16)18-7-6-17(14-22-18)15-23-19(20-2)21-10-4-5-13-25-3/h6-7,14,16H,4-5,8-13,15H2,1-3H3,(H2,20,21,23). The normalized spacial score (nSPS) is 16.1. The third-order valence-corrected chi connectivity index (χ3v) is 5.36. The molecular weight excluding hydrogens is 330 g/mol. The minimum atomic E-state index is 0.745. The first kappa shape index (κ1) is 19.9. The molecule has 1 fully saturated rings. The molecule has 2 heterocycles.